The van der Waals surface area contributed by atoms with E-state index in [9.17, 15) is 10.2 Å². The van der Waals surface area contributed by atoms with E-state index < -0.39 is 0 Å². The lowest BCUT2D eigenvalue weighted by Crippen LogP contribution is -1.86. The minimum absolute atomic E-state index is 0.151. The molecule has 1 aromatic rings. The van der Waals surface area contributed by atoms with E-state index in [0.717, 1.165) is 31.3 Å². The number of hydrogen-bond acceptors (Lipinski definition) is 2. The van der Waals surface area contributed by atoms with E-state index in [4.69, 9.17) is 0 Å². The van der Waals surface area contributed by atoms with Gasteiger partial charge in [0.05, 0.1) is 0 Å². The summed E-state index contributed by atoms with van der Waals surface area (Å²) in [4.78, 5) is 0. The van der Waals surface area contributed by atoms with E-state index >= 15 is 0 Å². The lowest BCUT2D eigenvalue weighted by molar-refractivity contribution is 0.459. The van der Waals surface area contributed by atoms with Crippen LogP contribution >= 0.6 is 0 Å². The number of phenols is 2. The number of rotatable bonds is 9. The molecule has 0 spiro atoms. The summed E-state index contributed by atoms with van der Waals surface area (Å²) in [5.74, 6) is 0.326. The van der Waals surface area contributed by atoms with Crippen molar-refractivity contribution < 1.29 is 10.2 Å². The quantitative estimate of drug-likeness (QED) is 0.260. The third kappa shape index (κ3) is 9.45. The minimum atomic E-state index is 0.151. The number of phenolic OH excluding ortho intramolecular Hbond substituents is 2. The fraction of sp³-hybridized carbons (Fsp3) is 0.385. The largest absolute Gasteiger partial charge is 0.508 e. The number of allylic oxidation sites excluding steroid dienone is 10. The molecule has 152 valence electrons. The van der Waals surface area contributed by atoms with E-state index in [-0.39, 0.29) is 11.5 Å². The van der Waals surface area contributed by atoms with Crippen LogP contribution in [0.2, 0.25) is 0 Å². The average molecular weight is 381 g/mol. The zero-order valence-electron chi connectivity index (χ0n) is 18.3. The SMILES string of the molecule is CC(C)=CCCC(C)=CC=C(C=C(C)CCC=C(C)C)c1cc(O)ccc1O. The Morgan fingerprint density at radius 1 is 0.786 bits per heavy atom. The van der Waals surface area contributed by atoms with Gasteiger partial charge in [-0.15, -0.1) is 0 Å². The lowest BCUT2D eigenvalue weighted by atomic mass is 9.98. The molecule has 0 atom stereocenters. The lowest BCUT2D eigenvalue weighted by Gasteiger charge is -2.09. The molecule has 28 heavy (non-hydrogen) atoms. The predicted molar refractivity (Wildman–Crippen MR) is 123 cm³/mol. The summed E-state index contributed by atoms with van der Waals surface area (Å²) in [7, 11) is 0. The normalized spacial score (nSPS) is 12.7. The predicted octanol–water partition coefficient (Wildman–Crippen LogP) is 7.87. The van der Waals surface area contributed by atoms with Gasteiger partial charge in [-0.25, -0.2) is 0 Å². The number of hydrogen-bond donors (Lipinski definition) is 2. The molecule has 0 amide bonds. The Bertz CT molecular complexity index is 794. The van der Waals surface area contributed by atoms with Gasteiger partial charge in [0, 0.05) is 5.56 Å². The van der Waals surface area contributed by atoms with E-state index in [0.29, 0.717) is 5.56 Å². The first-order valence-electron chi connectivity index (χ1n) is 10.0. The van der Waals surface area contributed by atoms with Gasteiger partial charge in [-0.2, -0.15) is 0 Å². The first kappa shape index (κ1) is 23.6. The zero-order valence-corrected chi connectivity index (χ0v) is 18.3. The molecule has 0 saturated carbocycles. The highest BCUT2D eigenvalue weighted by Gasteiger charge is 2.07. The van der Waals surface area contributed by atoms with Crippen molar-refractivity contribution in [1.29, 1.82) is 0 Å². The van der Waals surface area contributed by atoms with Crippen molar-refractivity contribution in [3.8, 4) is 11.5 Å². The van der Waals surface area contributed by atoms with Gasteiger partial charge in [-0.1, -0.05) is 52.7 Å². The minimum Gasteiger partial charge on any atom is -0.508 e. The molecule has 0 radical (unpaired) electrons. The molecule has 0 aromatic heterocycles. The molecule has 0 heterocycles. The summed E-state index contributed by atoms with van der Waals surface area (Å²) in [6.45, 7) is 12.7. The Labute approximate surface area is 171 Å². The second kappa shape index (κ2) is 12.1. The molecule has 1 aromatic carbocycles. The Balaban J connectivity index is 3.15. The van der Waals surface area contributed by atoms with Crippen LogP contribution in [0.5, 0.6) is 11.5 Å². The molecule has 0 aliphatic heterocycles. The maximum Gasteiger partial charge on any atom is 0.123 e. The zero-order chi connectivity index (χ0) is 21.1. The Morgan fingerprint density at radius 2 is 1.36 bits per heavy atom. The first-order chi connectivity index (χ1) is 13.2. The van der Waals surface area contributed by atoms with Crippen LogP contribution in [0.25, 0.3) is 5.57 Å². The van der Waals surface area contributed by atoms with E-state index in [1.54, 1.807) is 6.07 Å². The van der Waals surface area contributed by atoms with E-state index in [1.165, 1.54) is 34.4 Å². The fourth-order valence-corrected chi connectivity index (χ4v) is 2.80. The molecular formula is C26H36O2. The van der Waals surface area contributed by atoms with Gasteiger partial charge in [0.1, 0.15) is 11.5 Å². The molecule has 0 bridgehead atoms. The van der Waals surface area contributed by atoms with Gasteiger partial charge < -0.3 is 10.2 Å². The van der Waals surface area contributed by atoms with Crippen molar-refractivity contribution in [2.45, 2.75) is 67.2 Å². The smallest absolute Gasteiger partial charge is 0.123 e. The number of aromatic hydroxyl groups is 2. The van der Waals surface area contributed by atoms with Crippen molar-refractivity contribution in [1.82, 2.24) is 0 Å². The van der Waals surface area contributed by atoms with Crippen molar-refractivity contribution in [2.24, 2.45) is 0 Å². The molecule has 2 nitrogen and oxygen atoms in total. The topological polar surface area (TPSA) is 40.5 Å². The first-order valence-corrected chi connectivity index (χ1v) is 10.0. The van der Waals surface area contributed by atoms with Crippen LogP contribution in [-0.4, -0.2) is 10.2 Å². The van der Waals surface area contributed by atoms with Gasteiger partial charge >= 0.3 is 0 Å². The summed E-state index contributed by atoms with van der Waals surface area (Å²) in [6.07, 6.45) is 14.7. The molecule has 0 aliphatic carbocycles. The molecule has 0 fully saturated rings. The van der Waals surface area contributed by atoms with Gasteiger partial charge in [-0.3, -0.25) is 0 Å². The summed E-state index contributed by atoms with van der Waals surface area (Å²) in [6, 6.07) is 4.66. The van der Waals surface area contributed by atoms with Crippen molar-refractivity contribution >= 4 is 5.57 Å². The summed E-state index contributed by atoms with van der Waals surface area (Å²) in [5.41, 5.74) is 6.74. The molecule has 0 saturated heterocycles. The van der Waals surface area contributed by atoms with Gasteiger partial charge in [0.2, 0.25) is 0 Å². The van der Waals surface area contributed by atoms with Crippen LogP contribution in [0, 0.1) is 0 Å². The molecule has 2 N–H and O–H groups in total. The third-order valence-electron chi connectivity index (χ3n) is 4.42. The van der Waals surface area contributed by atoms with Crippen LogP contribution in [0.3, 0.4) is 0 Å². The van der Waals surface area contributed by atoms with Gasteiger partial charge in [0.15, 0.2) is 0 Å². The molecule has 1 rings (SSSR count). The summed E-state index contributed by atoms with van der Waals surface area (Å²) in [5, 5.41) is 20.2. The monoisotopic (exact) mass is 380 g/mol. The van der Waals surface area contributed by atoms with Crippen LogP contribution in [0.4, 0.5) is 0 Å². The third-order valence-corrected chi connectivity index (χ3v) is 4.42. The second-order valence-corrected chi connectivity index (χ2v) is 7.97. The molecule has 0 aliphatic rings. The van der Waals surface area contributed by atoms with E-state index in [2.05, 4.69) is 65.8 Å². The van der Waals surface area contributed by atoms with Crippen molar-refractivity contribution in [3.05, 3.63) is 76.4 Å². The van der Waals surface area contributed by atoms with E-state index in [1.807, 2.05) is 6.08 Å². The van der Waals surface area contributed by atoms with Crippen LogP contribution in [-0.2, 0) is 0 Å². The van der Waals surface area contributed by atoms with Gasteiger partial charge in [0.25, 0.3) is 0 Å². The maximum absolute atomic E-state index is 10.3. The fourth-order valence-electron chi connectivity index (χ4n) is 2.80. The highest BCUT2D eigenvalue weighted by Crippen LogP contribution is 2.31. The Morgan fingerprint density at radius 3 is 1.93 bits per heavy atom. The average Bonchev–Trinajstić information content (AvgIpc) is 2.60. The molecular weight excluding hydrogens is 344 g/mol. The van der Waals surface area contributed by atoms with Crippen LogP contribution in [0.15, 0.2) is 70.9 Å². The number of benzene rings is 1. The molecule has 2 heteroatoms. The van der Waals surface area contributed by atoms with Crippen molar-refractivity contribution in [3.63, 3.8) is 0 Å². The molecule has 0 unspecified atom stereocenters. The highest BCUT2D eigenvalue weighted by atomic mass is 16.3. The highest BCUT2D eigenvalue weighted by molar-refractivity contribution is 5.80. The van der Waals surface area contributed by atoms with Crippen LogP contribution in [0.1, 0.15) is 72.8 Å². The van der Waals surface area contributed by atoms with Crippen molar-refractivity contribution in [2.75, 3.05) is 0 Å². The van der Waals surface area contributed by atoms with Crippen LogP contribution < -0.4 is 0 Å². The Kier molecular flexibility index (Phi) is 10.2. The summed E-state index contributed by atoms with van der Waals surface area (Å²) < 4.78 is 0. The second-order valence-electron chi connectivity index (χ2n) is 7.97. The maximum atomic E-state index is 10.3. The summed E-state index contributed by atoms with van der Waals surface area (Å²) >= 11 is 0. The Hall–Kier alpha value is -2.48. The standard InChI is InChI=1S/C26H36O2/c1-19(2)9-7-11-21(5)13-14-23(17-22(6)12-8-10-20(3)4)25-18-24(27)15-16-26(25)28/h9-10,13-18,27-28H,7-8,11-12H2,1-6H3. The van der Waals surface area contributed by atoms with Gasteiger partial charge in [-0.05, 0) is 91.0 Å².